The molecular weight excluding hydrogens is 286 g/mol. The van der Waals surface area contributed by atoms with Crippen molar-refractivity contribution in [3.05, 3.63) is 58.7 Å². The second-order valence-corrected chi connectivity index (χ2v) is 10.7. The summed E-state index contributed by atoms with van der Waals surface area (Å²) in [5, 5.41) is 10.5. The molecule has 1 aliphatic rings. The molecule has 1 aliphatic carbocycles. The van der Waals surface area contributed by atoms with E-state index in [-0.39, 0.29) is 0 Å². The molecule has 104 valence electrons. The van der Waals surface area contributed by atoms with Crippen molar-refractivity contribution in [3.8, 4) is 6.07 Å². The zero-order valence-electron chi connectivity index (χ0n) is 12.0. The molecule has 1 atom stereocenters. The maximum atomic E-state index is 9.87. The highest BCUT2D eigenvalue weighted by atomic mass is 35.5. The van der Waals surface area contributed by atoms with Crippen molar-refractivity contribution in [2.45, 2.75) is 31.7 Å². The fourth-order valence-corrected chi connectivity index (χ4v) is 3.66. The second kappa shape index (κ2) is 5.57. The van der Waals surface area contributed by atoms with Gasteiger partial charge in [0.1, 0.15) is 6.07 Å². The minimum absolute atomic E-state index is 0.659. The molecule has 0 spiro atoms. The summed E-state index contributed by atoms with van der Waals surface area (Å²) in [5.74, 6) is 0. The number of allylic oxidation sites excluding steroid dienone is 3. The summed E-state index contributed by atoms with van der Waals surface area (Å²) in [7, 11) is -1.90. The van der Waals surface area contributed by atoms with Crippen molar-refractivity contribution < 1.29 is 4.43 Å². The first-order chi connectivity index (χ1) is 9.37. The lowest BCUT2D eigenvalue weighted by Crippen LogP contribution is -2.41. The first-order valence-corrected chi connectivity index (χ1v) is 10.4. The second-order valence-electron chi connectivity index (χ2n) is 5.84. The Kier molecular flexibility index (Phi) is 4.19. The van der Waals surface area contributed by atoms with Crippen molar-refractivity contribution in [1.82, 2.24) is 0 Å². The number of benzene rings is 1. The third kappa shape index (κ3) is 3.04. The normalized spacial score (nSPS) is 17.4. The highest BCUT2D eigenvalue weighted by Crippen LogP contribution is 2.39. The zero-order chi connectivity index (χ0) is 14.8. The van der Waals surface area contributed by atoms with E-state index in [4.69, 9.17) is 16.0 Å². The quantitative estimate of drug-likeness (QED) is 0.749. The molecule has 0 fully saturated rings. The van der Waals surface area contributed by atoms with E-state index in [0.29, 0.717) is 5.02 Å². The van der Waals surface area contributed by atoms with Crippen molar-refractivity contribution in [1.29, 1.82) is 5.26 Å². The Balaban J connectivity index is 2.53. The summed E-state index contributed by atoms with van der Waals surface area (Å²) < 4.78 is 6.31. The van der Waals surface area contributed by atoms with Gasteiger partial charge in [-0.1, -0.05) is 42.0 Å². The number of halogens is 1. The first-order valence-electron chi connectivity index (χ1n) is 6.61. The summed E-state index contributed by atoms with van der Waals surface area (Å²) in [4.78, 5) is 0. The molecular formula is C16H18ClNOSi. The van der Waals surface area contributed by atoms with Crippen LogP contribution in [0, 0.1) is 11.3 Å². The van der Waals surface area contributed by atoms with Crippen LogP contribution in [0.1, 0.15) is 12.0 Å². The lowest BCUT2D eigenvalue weighted by molar-refractivity contribution is 0.157. The summed E-state index contributed by atoms with van der Waals surface area (Å²) in [6.45, 7) is 6.29. The standard InChI is InChI=1S/C16H18ClNOSi/c1-20(2,3)19-16(12-18,13-6-4-5-7-13)14-8-10-15(17)11-9-14/h4-6,8-11H,7H2,1-3H3. The maximum Gasteiger partial charge on any atom is 0.192 e. The van der Waals surface area contributed by atoms with Gasteiger partial charge in [0.15, 0.2) is 13.9 Å². The van der Waals surface area contributed by atoms with Crippen molar-refractivity contribution in [2.24, 2.45) is 0 Å². The largest absolute Gasteiger partial charge is 0.393 e. The predicted molar refractivity (Wildman–Crippen MR) is 85.0 cm³/mol. The van der Waals surface area contributed by atoms with Crippen LogP contribution < -0.4 is 0 Å². The van der Waals surface area contributed by atoms with Gasteiger partial charge in [0, 0.05) is 10.6 Å². The topological polar surface area (TPSA) is 33.0 Å². The zero-order valence-corrected chi connectivity index (χ0v) is 13.7. The van der Waals surface area contributed by atoms with Crippen LogP contribution >= 0.6 is 11.6 Å². The smallest absolute Gasteiger partial charge is 0.192 e. The molecule has 0 aromatic heterocycles. The summed E-state index contributed by atoms with van der Waals surface area (Å²) >= 11 is 5.96. The van der Waals surface area contributed by atoms with Gasteiger partial charge < -0.3 is 4.43 Å². The van der Waals surface area contributed by atoms with Crippen LogP contribution in [0.15, 0.2) is 48.1 Å². The number of nitriles is 1. The van der Waals surface area contributed by atoms with E-state index >= 15 is 0 Å². The molecule has 0 N–H and O–H groups in total. The van der Waals surface area contributed by atoms with E-state index in [1.807, 2.05) is 30.4 Å². The third-order valence-electron chi connectivity index (χ3n) is 3.09. The number of nitrogens with zero attached hydrogens (tertiary/aromatic N) is 1. The summed E-state index contributed by atoms with van der Waals surface area (Å²) in [6.07, 6.45) is 6.76. The molecule has 1 aromatic carbocycles. The fourth-order valence-electron chi connectivity index (χ4n) is 2.32. The predicted octanol–water partition coefficient (Wildman–Crippen LogP) is 4.80. The molecule has 0 saturated carbocycles. The van der Waals surface area contributed by atoms with Gasteiger partial charge in [-0.15, -0.1) is 0 Å². The van der Waals surface area contributed by atoms with Crippen LogP contribution in [0.25, 0.3) is 0 Å². The Morgan fingerprint density at radius 1 is 1.25 bits per heavy atom. The molecule has 2 nitrogen and oxygen atoms in total. The molecule has 0 amide bonds. The van der Waals surface area contributed by atoms with Crippen molar-refractivity contribution >= 4 is 19.9 Å². The maximum absolute atomic E-state index is 9.87. The number of hydrogen-bond acceptors (Lipinski definition) is 2. The van der Waals surface area contributed by atoms with Gasteiger partial charge in [-0.25, -0.2) is 0 Å². The summed E-state index contributed by atoms with van der Waals surface area (Å²) in [5.41, 5.74) is 0.838. The van der Waals surface area contributed by atoms with Crippen LogP contribution in [-0.4, -0.2) is 8.32 Å². The van der Waals surface area contributed by atoms with Crippen LogP contribution in [-0.2, 0) is 10.0 Å². The Morgan fingerprint density at radius 2 is 1.90 bits per heavy atom. The fraction of sp³-hybridized carbons (Fsp3) is 0.312. The van der Waals surface area contributed by atoms with E-state index in [2.05, 4.69) is 25.7 Å². The minimum atomic E-state index is -1.90. The SMILES string of the molecule is C[Si](C)(C)OC(C#N)(C1=CC=CC1)c1ccc(Cl)cc1. The van der Waals surface area contributed by atoms with E-state index in [0.717, 1.165) is 17.6 Å². The van der Waals surface area contributed by atoms with Crippen LogP contribution in [0.4, 0.5) is 0 Å². The van der Waals surface area contributed by atoms with E-state index in [9.17, 15) is 5.26 Å². The monoisotopic (exact) mass is 303 g/mol. The van der Waals surface area contributed by atoms with Gasteiger partial charge in [0.2, 0.25) is 0 Å². The minimum Gasteiger partial charge on any atom is -0.393 e. The van der Waals surface area contributed by atoms with Gasteiger partial charge in [-0.2, -0.15) is 5.26 Å². The molecule has 1 aromatic rings. The average molecular weight is 304 g/mol. The Bertz CT molecular complexity index is 592. The Hall–Kier alpha value is -1.34. The van der Waals surface area contributed by atoms with Crippen LogP contribution in [0.3, 0.4) is 0 Å². The summed E-state index contributed by atoms with van der Waals surface area (Å²) in [6, 6.07) is 9.78. The molecule has 0 aliphatic heterocycles. The third-order valence-corrected chi connectivity index (χ3v) is 4.26. The molecule has 1 unspecified atom stereocenters. The van der Waals surface area contributed by atoms with Gasteiger partial charge in [0.25, 0.3) is 0 Å². The molecule has 2 rings (SSSR count). The van der Waals surface area contributed by atoms with E-state index in [1.165, 1.54) is 0 Å². The first kappa shape index (κ1) is 15.1. The van der Waals surface area contributed by atoms with Gasteiger partial charge in [0.05, 0.1) is 0 Å². The lowest BCUT2D eigenvalue weighted by atomic mass is 9.87. The molecule has 0 saturated heterocycles. The number of rotatable bonds is 4. The Labute approximate surface area is 126 Å². The van der Waals surface area contributed by atoms with Crippen molar-refractivity contribution in [3.63, 3.8) is 0 Å². The lowest BCUT2D eigenvalue weighted by Gasteiger charge is -2.35. The molecule has 20 heavy (non-hydrogen) atoms. The average Bonchev–Trinajstić information content (AvgIpc) is 2.90. The van der Waals surface area contributed by atoms with E-state index in [1.54, 1.807) is 12.1 Å². The van der Waals surface area contributed by atoms with Gasteiger partial charge in [-0.05, 0) is 43.8 Å². The van der Waals surface area contributed by atoms with Gasteiger partial charge in [-0.3, -0.25) is 0 Å². The van der Waals surface area contributed by atoms with Crippen molar-refractivity contribution in [2.75, 3.05) is 0 Å². The molecule has 4 heteroatoms. The van der Waals surface area contributed by atoms with Crippen LogP contribution in [0.2, 0.25) is 24.7 Å². The van der Waals surface area contributed by atoms with Crippen LogP contribution in [0.5, 0.6) is 0 Å². The molecule has 0 heterocycles. The molecule has 0 bridgehead atoms. The highest BCUT2D eigenvalue weighted by molar-refractivity contribution is 6.69. The highest BCUT2D eigenvalue weighted by Gasteiger charge is 2.41. The van der Waals surface area contributed by atoms with E-state index < -0.39 is 13.9 Å². The van der Waals surface area contributed by atoms with Gasteiger partial charge >= 0.3 is 0 Å². The number of hydrogen-bond donors (Lipinski definition) is 0. The Morgan fingerprint density at radius 3 is 2.35 bits per heavy atom. The molecule has 0 radical (unpaired) electrons.